The van der Waals surface area contributed by atoms with Crippen LogP contribution in [0, 0.1) is 34.1 Å². The zero-order valence-corrected chi connectivity index (χ0v) is 32.3. The molecule has 55 heavy (non-hydrogen) atoms. The average molecular weight is 813 g/mol. The van der Waals surface area contributed by atoms with E-state index in [-0.39, 0.29) is 105 Å². The maximum absolute atomic E-state index is 11.5. The Hall–Kier alpha value is -5.48. The van der Waals surface area contributed by atoms with Crippen LogP contribution in [0.2, 0.25) is 0 Å². The third-order valence-corrected chi connectivity index (χ3v) is 9.67. The van der Waals surface area contributed by atoms with Gasteiger partial charge in [0.25, 0.3) is 11.4 Å². The Labute approximate surface area is 341 Å². The van der Waals surface area contributed by atoms with Gasteiger partial charge in [-0.15, -0.1) is 20.5 Å². The number of hydrogen-bond acceptors (Lipinski definition) is 16. The van der Waals surface area contributed by atoms with Crippen molar-refractivity contribution in [3.05, 3.63) is 128 Å². The zero-order chi connectivity index (χ0) is 39.5. The van der Waals surface area contributed by atoms with Crippen molar-refractivity contribution in [3.8, 4) is 11.5 Å². The van der Waals surface area contributed by atoms with Crippen molar-refractivity contribution in [3.63, 3.8) is 0 Å². The summed E-state index contributed by atoms with van der Waals surface area (Å²) < 4.78 is 68.7. The van der Waals surface area contributed by atoms with E-state index in [0.717, 1.165) is 12.1 Å². The second kappa shape index (κ2) is 16.9. The molecular weight excluding hydrogens is 789 g/mol. The standard InChI is InChI=1S/2C17H13N3O6S.Ca/c2*1-10-13(7-4-8-14(10)20(22)23)18-19-17-12-6-3-2-5-11(12)16(9-15(17)21)27(24,25)26;/h2*2-9,21H,1H3,(H,24,25,26);/q;;+2/p-2. The Morgan fingerprint density at radius 2 is 0.855 bits per heavy atom. The Kier molecular flexibility index (Phi) is 13.0. The number of nitrogens with zero attached hydrogens (tertiary/aromatic N) is 6. The van der Waals surface area contributed by atoms with E-state index in [1.54, 1.807) is 24.3 Å². The third kappa shape index (κ3) is 9.25. The molecule has 0 fully saturated rings. The van der Waals surface area contributed by atoms with E-state index in [1.165, 1.54) is 74.5 Å². The fraction of sp³-hybridized carbons (Fsp3) is 0.0588. The molecule has 0 saturated heterocycles. The van der Waals surface area contributed by atoms with Crippen LogP contribution in [0.1, 0.15) is 11.1 Å². The number of hydrogen-bond donors (Lipinski definition) is 2. The van der Waals surface area contributed by atoms with Crippen molar-refractivity contribution in [2.45, 2.75) is 23.6 Å². The first-order valence-electron chi connectivity index (χ1n) is 15.1. The van der Waals surface area contributed by atoms with Crippen LogP contribution >= 0.6 is 0 Å². The average Bonchev–Trinajstić information content (AvgIpc) is 3.10. The molecule has 6 aromatic rings. The molecule has 0 saturated carbocycles. The van der Waals surface area contributed by atoms with E-state index in [4.69, 9.17) is 0 Å². The summed E-state index contributed by atoms with van der Waals surface area (Å²) in [7, 11) is -9.63. The molecule has 0 heterocycles. The number of rotatable bonds is 8. The van der Waals surface area contributed by atoms with Gasteiger partial charge in [0.05, 0.1) is 42.1 Å². The van der Waals surface area contributed by atoms with E-state index >= 15 is 0 Å². The summed E-state index contributed by atoms with van der Waals surface area (Å²) in [5.41, 5.74) is 0.637. The largest absolute Gasteiger partial charge is 2.00 e. The Morgan fingerprint density at radius 1 is 0.527 bits per heavy atom. The van der Waals surface area contributed by atoms with Crippen molar-refractivity contribution in [1.29, 1.82) is 0 Å². The van der Waals surface area contributed by atoms with Gasteiger partial charge in [-0.2, -0.15) is 0 Å². The number of nitro groups is 2. The molecule has 6 rings (SSSR count). The molecule has 18 nitrogen and oxygen atoms in total. The predicted octanol–water partition coefficient (Wildman–Crippen LogP) is 7.78. The molecule has 0 spiro atoms. The second-order valence-electron chi connectivity index (χ2n) is 11.2. The number of azo groups is 2. The van der Waals surface area contributed by atoms with E-state index < -0.39 is 51.4 Å². The van der Waals surface area contributed by atoms with Crippen LogP contribution in [0.3, 0.4) is 0 Å². The molecule has 21 heteroatoms. The Morgan fingerprint density at radius 3 is 1.16 bits per heavy atom. The molecule has 0 bridgehead atoms. The first-order chi connectivity index (χ1) is 25.4. The van der Waals surface area contributed by atoms with Gasteiger partial charge in [0.2, 0.25) is 0 Å². The van der Waals surface area contributed by atoms with Gasteiger partial charge in [0, 0.05) is 45.8 Å². The van der Waals surface area contributed by atoms with Crippen molar-refractivity contribution < 1.29 is 46.0 Å². The maximum atomic E-state index is 11.5. The van der Waals surface area contributed by atoms with Crippen molar-refractivity contribution >= 4 is 114 Å². The van der Waals surface area contributed by atoms with Crippen LogP contribution < -0.4 is 0 Å². The van der Waals surface area contributed by atoms with Gasteiger partial charge < -0.3 is 19.3 Å². The van der Waals surface area contributed by atoms with Crippen molar-refractivity contribution in [1.82, 2.24) is 0 Å². The van der Waals surface area contributed by atoms with Gasteiger partial charge in [0.1, 0.15) is 43.1 Å². The van der Waals surface area contributed by atoms with Gasteiger partial charge in [-0.1, -0.05) is 60.7 Å². The molecule has 276 valence electrons. The topological polar surface area (TPSA) is 291 Å². The summed E-state index contributed by atoms with van der Waals surface area (Å²) >= 11 is 0. The fourth-order valence-corrected chi connectivity index (χ4v) is 6.70. The first-order valence-corrected chi connectivity index (χ1v) is 17.9. The van der Waals surface area contributed by atoms with Gasteiger partial charge in [-0.3, -0.25) is 20.2 Å². The number of phenolic OH excluding ortho intramolecular Hbond substituents is 2. The maximum Gasteiger partial charge on any atom is 2.00 e. The molecule has 0 unspecified atom stereocenters. The zero-order valence-electron chi connectivity index (χ0n) is 28.4. The van der Waals surface area contributed by atoms with E-state index in [2.05, 4.69) is 20.5 Å². The molecule has 0 radical (unpaired) electrons. The summed E-state index contributed by atoms with van der Waals surface area (Å²) in [4.78, 5) is 19.8. The SMILES string of the molecule is Cc1c(N=Nc2c(O)cc(S(=O)(=O)[O-])c3ccccc23)cccc1[N+](=O)[O-].Cc1c(N=Nc2c(O)cc(S(=O)(=O)[O-])c3ccccc23)cccc1[N+](=O)[O-].[Ca+2]. The number of nitro benzene ring substituents is 2. The molecular formula is C34H24CaN6O12S2. The van der Waals surface area contributed by atoms with E-state index in [1.807, 2.05) is 0 Å². The monoisotopic (exact) mass is 812 g/mol. The van der Waals surface area contributed by atoms with Gasteiger partial charge in [-0.05, 0) is 26.0 Å². The van der Waals surface area contributed by atoms with E-state index in [0.29, 0.717) is 0 Å². The van der Waals surface area contributed by atoms with Gasteiger partial charge >= 0.3 is 37.7 Å². The molecule has 6 aromatic carbocycles. The van der Waals surface area contributed by atoms with Crippen LogP contribution in [0.5, 0.6) is 11.5 Å². The molecule has 0 aliphatic rings. The normalized spacial score (nSPS) is 11.7. The second-order valence-corrected chi connectivity index (χ2v) is 13.9. The minimum Gasteiger partial charge on any atom is -0.744 e. The molecule has 0 aliphatic carbocycles. The van der Waals surface area contributed by atoms with Crippen LogP contribution in [-0.2, 0) is 20.2 Å². The smallest absolute Gasteiger partial charge is 0.744 e. The van der Waals surface area contributed by atoms with Crippen LogP contribution in [0.4, 0.5) is 34.1 Å². The van der Waals surface area contributed by atoms with Gasteiger partial charge in [-0.25, -0.2) is 16.8 Å². The quantitative estimate of drug-likeness (QED) is 0.0489. The Bertz CT molecular complexity index is 2610. The van der Waals surface area contributed by atoms with Crippen LogP contribution in [0.15, 0.2) is 127 Å². The summed E-state index contributed by atoms with van der Waals surface area (Å²) in [6, 6.07) is 22.3. The third-order valence-electron chi connectivity index (χ3n) is 7.92. The van der Waals surface area contributed by atoms with Gasteiger partial charge in [0.15, 0.2) is 0 Å². The van der Waals surface area contributed by atoms with Crippen LogP contribution in [-0.4, -0.2) is 83.7 Å². The number of aromatic hydroxyl groups is 2. The summed E-state index contributed by atoms with van der Waals surface area (Å²) in [5, 5.41) is 58.8. The Balaban J connectivity index is 0.000000240. The van der Waals surface area contributed by atoms with Crippen LogP contribution in [0.25, 0.3) is 21.5 Å². The van der Waals surface area contributed by atoms with Crippen molar-refractivity contribution in [2.75, 3.05) is 0 Å². The molecule has 0 atom stereocenters. The predicted molar refractivity (Wildman–Crippen MR) is 197 cm³/mol. The number of phenols is 2. The number of fused-ring (bicyclic) bond motifs is 2. The minimum absolute atomic E-state index is 0. The van der Waals surface area contributed by atoms with E-state index in [9.17, 15) is 56.4 Å². The summed E-state index contributed by atoms with van der Waals surface area (Å²) in [6.07, 6.45) is 0. The molecule has 2 N–H and O–H groups in total. The molecule has 0 aromatic heterocycles. The van der Waals surface area contributed by atoms with Crippen molar-refractivity contribution in [2.24, 2.45) is 20.5 Å². The minimum atomic E-state index is -4.81. The first kappa shape index (κ1) is 42.3. The summed E-state index contributed by atoms with van der Waals surface area (Å²) in [6.45, 7) is 3.02. The number of benzene rings is 6. The molecule has 0 aliphatic heterocycles. The molecule has 0 amide bonds. The summed E-state index contributed by atoms with van der Waals surface area (Å²) in [5.74, 6) is -1.09. The fourth-order valence-electron chi connectivity index (χ4n) is 5.29.